The fourth-order valence-electron chi connectivity index (χ4n) is 1.94. The monoisotopic (exact) mass is 259 g/mol. The second-order valence-electron chi connectivity index (χ2n) is 4.13. The van der Waals surface area contributed by atoms with Gasteiger partial charge in [0.2, 0.25) is 5.76 Å². The number of methoxy groups -OCH3 is 1. The molecule has 0 atom stereocenters. The lowest BCUT2D eigenvalue weighted by Crippen LogP contribution is -2.07. The van der Waals surface area contributed by atoms with Crippen molar-refractivity contribution >= 4 is 11.7 Å². The molecule has 0 aliphatic heterocycles. The number of para-hydroxylation sites is 1. The Labute approximate surface area is 112 Å². The summed E-state index contributed by atoms with van der Waals surface area (Å²) in [6.45, 7) is 2.64. The van der Waals surface area contributed by atoms with E-state index in [1.807, 2.05) is 18.2 Å². The number of furan rings is 1. The number of anilines is 1. The summed E-state index contributed by atoms with van der Waals surface area (Å²) in [5, 5.41) is 3.32. The molecule has 0 saturated carbocycles. The van der Waals surface area contributed by atoms with Crippen molar-refractivity contribution in [2.24, 2.45) is 0 Å². The molecule has 1 N–H and O–H groups in total. The van der Waals surface area contributed by atoms with E-state index in [0.717, 1.165) is 17.7 Å². The van der Waals surface area contributed by atoms with Gasteiger partial charge in [0.05, 0.1) is 13.4 Å². The summed E-state index contributed by atoms with van der Waals surface area (Å²) in [5.74, 6) is -0.199. The molecule has 0 bridgehead atoms. The average Bonchev–Trinajstić information content (AvgIpc) is 2.93. The molecule has 4 heteroatoms. The number of aryl methyl sites for hydroxylation is 1. The Bertz CT molecular complexity index is 560. The Morgan fingerprint density at radius 1 is 1.26 bits per heavy atom. The molecule has 0 spiro atoms. The van der Waals surface area contributed by atoms with Crippen LogP contribution in [0, 0.1) is 0 Å². The van der Waals surface area contributed by atoms with E-state index in [9.17, 15) is 4.79 Å². The molecule has 19 heavy (non-hydrogen) atoms. The van der Waals surface area contributed by atoms with Crippen LogP contribution in [-0.2, 0) is 17.7 Å². The summed E-state index contributed by atoms with van der Waals surface area (Å²) in [7, 11) is 1.34. The Morgan fingerprint density at radius 2 is 2.05 bits per heavy atom. The van der Waals surface area contributed by atoms with E-state index in [1.54, 1.807) is 6.07 Å². The number of carbonyl (C=O) groups is 1. The quantitative estimate of drug-likeness (QED) is 0.837. The lowest BCUT2D eigenvalue weighted by molar-refractivity contribution is 0.0563. The van der Waals surface area contributed by atoms with Gasteiger partial charge in [-0.05, 0) is 24.1 Å². The lowest BCUT2D eigenvalue weighted by atomic mass is 10.1. The molecule has 0 radical (unpaired) electrons. The number of esters is 1. The maximum Gasteiger partial charge on any atom is 0.374 e. The van der Waals surface area contributed by atoms with E-state index in [0.29, 0.717) is 6.54 Å². The van der Waals surface area contributed by atoms with Crippen molar-refractivity contribution in [2.45, 2.75) is 19.9 Å². The van der Waals surface area contributed by atoms with Crippen LogP contribution in [0.5, 0.6) is 0 Å². The normalized spacial score (nSPS) is 10.2. The molecule has 0 aliphatic carbocycles. The van der Waals surface area contributed by atoms with Gasteiger partial charge in [-0.3, -0.25) is 0 Å². The van der Waals surface area contributed by atoms with Crippen LogP contribution in [0.15, 0.2) is 41.0 Å². The Hall–Kier alpha value is -2.23. The molecule has 0 unspecified atom stereocenters. The second kappa shape index (κ2) is 6.09. The Balaban J connectivity index is 2.11. The minimum absolute atomic E-state index is 0.254. The molecule has 0 aliphatic rings. The predicted octanol–water partition coefficient (Wildman–Crippen LogP) is 3.24. The first-order chi connectivity index (χ1) is 9.26. The van der Waals surface area contributed by atoms with Gasteiger partial charge in [-0.15, -0.1) is 0 Å². The summed E-state index contributed by atoms with van der Waals surface area (Å²) < 4.78 is 9.82. The van der Waals surface area contributed by atoms with Crippen molar-refractivity contribution in [3.05, 3.63) is 53.5 Å². The van der Waals surface area contributed by atoms with Crippen LogP contribution in [0.1, 0.15) is 28.6 Å². The van der Waals surface area contributed by atoms with Crippen LogP contribution in [0.3, 0.4) is 0 Å². The molecular weight excluding hydrogens is 242 g/mol. The lowest BCUT2D eigenvalue weighted by Gasteiger charge is -2.10. The number of nitrogens with one attached hydrogen (secondary N) is 1. The van der Waals surface area contributed by atoms with Crippen molar-refractivity contribution in [3.63, 3.8) is 0 Å². The fraction of sp³-hybridized carbons (Fsp3) is 0.267. The van der Waals surface area contributed by atoms with Crippen LogP contribution < -0.4 is 5.32 Å². The number of ether oxygens (including phenoxy) is 1. The number of hydrogen-bond donors (Lipinski definition) is 1. The van der Waals surface area contributed by atoms with Gasteiger partial charge in [-0.1, -0.05) is 25.1 Å². The van der Waals surface area contributed by atoms with Crippen molar-refractivity contribution in [1.29, 1.82) is 0 Å². The van der Waals surface area contributed by atoms with Gasteiger partial charge in [0.25, 0.3) is 0 Å². The van der Waals surface area contributed by atoms with E-state index >= 15 is 0 Å². The van der Waals surface area contributed by atoms with Crippen molar-refractivity contribution in [2.75, 3.05) is 12.4 Å². The van der Waals surface area contributed by atoms with Crippen molar-refractivity contribution in [1.82, 2.24) is 0 Å². The van der Waals surface area contributed by atoms with Crippen LogP contribution in [0.25, 0.3) is 0 Å². The molecule has 4 nitrogen and oxygen atoms in total. The maximum atomic E-state index is 11.5. The highest BCUT2D eigenvalue weighted by atomic mass is 16.5. The van der Waals surface area contributed by atoms with Gasteiger partial charge >= 0.3 is 5.97 Å². The van der Waals surface area contributed by atoms with Gasteiger partial charge < -0.3 is 14.5 Å². The molecule has 0 saturated heterocycles. The van der Waals surface area contributed by atoms with Crippen LogP contribution in [0.2, 0.25) is 0 Å². The van der Waals surface area contributed by atoms with Gasteiger partial charge in [0, 0.05) is 17.8 Å². The molecule has 1 aromatic carbocycles. The van der Waals surface area contributed by atoms with E-state index in [-0.39, 0.29) is 5.76 Å². The van der Waals surface area contributed by atoms with Gasteiger partial charge in [-0.25, -0.2) is 4.79 Å². The summed E-state index contributed by atoms with van der Waals surface area (Å²) in [6, 6.07) is 9.88. The fourth-order valence-corrected chi connectivity index (χ4v) is 1.94. The zero-order chi connectivity index (χ0) is 13.7. The van der Waals surface area contributed by atoms with Crippen LogP contribution >= 0.6 is 0 Å². The highest BCUT2D eigenvalue weighted by Crippen LogP contribution is 2.18. The highest BCUT2D eigenvalue weighted by Gasteiger charge is 2.15. The van der Waals surface area contributed by atoms with Crippen LogP contribution in [0.4, 0.5) is 5.69 Å². The van der Waals surface area contributed by atoms with E-state index in [2.05, 4.69) is 23.0 Å². The molecule has 0 amide bonds. The zero-order valence-electron chi connectivity index (χ0n) is 11.1. The molecule has 2 aromatic rings. The first-order valence-corrected chi connectivity index (χ1v) is 6.22. The third kappa shape index (κ3) is 2.96. The van der Waals surface area contributed by atoms with Crippen LogP contribution in [-0.4, -0.2) is 13.1 Å². The molecule has 1 heterocycles. The van der Waals surface area contributed by atoms with Gasteiger partial charge in [-0.2, -0.15) is 0 Å². The van der Waals surface area contributed by atoms with Gasteiger partial charge in [0.1, 0.15) is 0 Å². The molecule has 1 aromatic heterocycles. The van der Waals surface area contributed by atoms with E-state index in [1.165, 1.54) is 18.9 Å². The summed E-state index contributed by atoms with van der Waals surface area (Å²) >= 11 is 0. The SMILES string of the molecule is CCc1ccccc1NCc1ccoc1C(=O)OC. The highest BCUT2D eigenvalue weighted by molar-refractivity contribution is 5.87. The smallest absolute Gasteiger partial charge is 0.374 e. The first kappa shape index (κ1) is 13.2. The topological polar surface area (TPSA) is 51.5 Å². The van der Waals surface area contributed by atoms with Crippen molar-refractivity contribution < 1.29 is 13.9 Å². The number of carbonyl (C=O) groups excluding carboxylic acids is 1. The average molecular weight is 259 g/mol. The minimum Gasteiger partial charge on any atom is -0.463 e. The molecule has 2 rings (SSSR count). The summed E-state index contributed by atoms with van der Waals surface area (Å²) in [4.78, 5) is 11.5. The van der Waals surface area contributed by atoms with Crippen molar-refractivity contribution in [3.8, 4) is 0 Å². The van der Waals surface area contributed by atoms with E-state index in [4.69, 9.17) is 4.42 Å². The second-order valence-corrected chi connectivity index (χ2v) is 4.13. The number of rotatable bonds is 5. The standard InChI is InChI=1S/C15H17NO3/c1-3-11-6-4-5-7-13(11)16-10-12-8-9-19-14(12)15(17)18-2/h4-9,16H,3,10H2,1-2H3. The molecule has 0 fully saturated rings. The predicted molar refractivity (Wildman–Crippen MR) is 73.2 cm³/mol. The third-order valence-corrected chi connectivity index (χ3v) is 2.99. The summed E-state index contributed by atoms with van der Waals surface area (Å²) in [5.41, 5.74) is 3.10. The Morgan fingerprint density at radius 3 is 2.79 bits per heavy atom. The van der Waals surface area contributed by atoms with E-state index < -0.39 is 5.97 Å². The number of benzene rings is 1. The molecular formula is C15H17NO3. The maximum absolute atomic E-state index is 11.5. The Kier molecular flexibility index (Phi) is 4.23. The summed E-state index contributed by atoms with van der Waals surface area (Å²) in [6.07, 6.45) is 2.45. The zero-order valence-corrected chi connectivity index (χ0v) is 11.1. The van der Waals surface area contributed by atoms with Gasteiger partial charge in [0.15, 0.2) is 0 Å². The first-order valence-electron chi connectivity index (χ1n) is 6.22. The third-order valence-electron chi connectivity index (χ3n) is 2.99. The minimum atomic E-state index is -0.453. The largest absolute Gasteiger partial charge is 0.463 e. The molecule has 100 valence electrons. The number of hydrogen-bond acceptors (Lipinski definition) is 4.